The van der Waals surface area contributed by atoms with Crippen LogP contribution in [0.2, 0.25) is 0 Å². The van der Waals surface area contributed by atoms with Gasteiger partial charge >= 0.3 is 0 Å². The highest BCUT2D eigenvalue weighted by Gasteiger charge is 2.39. The third-order valence-corrected chi connectivity index (χ3v) is 6.05. The Morgan fingerprint density at radius 2 is 2.00 bits per heavy atom. The van der Waals surface area contributed by atoms with Crippen molar-refractivity contribution >= 4 is 22.8 Å². The lowest BCUT2D eigenvalue weighted by atomic mass is 10.1. The number of benzene rings is 1. The zero-order chi connectivity index (χ0) is 20.9. The van der Waals surface area contributed by atoms with Crippen molar-refractivity contribution in [3.8, 4) is 5.75 Å². The van der Waals surface area contributed by atoms with E-state index in [9.17, 15) is 4.79 Å². The van der Waals surface area contributed by atoms with Crippen molar-refractivity contribution in [2.45, 2.75) is 51.7 Å². The number of carbonyl (C=O) groups excluding carboxylic acids is 1. The molecule has 1 saturated carbocycles. The number of fused-ring (bicyclic) bond motifs is 1. The van der Waals surface area contributed by atoms with Gasteiger partial charge in [-0.25, -0.2) is 9.97 Å². The Labute approximate surface area is 175 Å². The van der Waals surface area contributed by atoms with Gasteiger partial charge in [0.1, 0.15) is 29.8 Å². The van der Waals surface area contributed by atoms with Crippen molar-refractivity contribution in [3.63, 3.8) is 0 Å². The van der Waals surface area contributed by atoms with Gasteiger partial charge in [0.2, 0.25) is 5.71 Å². The molecule has 3 heterocycles. The summed E-state index contributed by atoms with van der Waals surface area (Å²) in [5, 5.41) is 4.15. The lowest BCUT2D eigenvalue weighted by Crippen LogP contribution is -2.31. The van der Waals surface area contributed by atoms with E-state index < -0.39 is 0 Å². The van der Waals surface area contributed by atoms with Gasteiger partial charge in [-0.1, -0.05) is 17.7 Å². The second-order valence-electron chi connectivity index (χ2n) is 8.71. The second kappa shape index (κ2) is 7.00. The molecule has 2 aliphatic rings. The van der Waals surface area contributed by atoms with Crippen LogP contribution in [-0.2, 0) is 0 Å². The summed E-state index contributed by atoms with van der Waals surface area (Å²) in [6.07, 6.45) is 4.43. The molecular formula is C23H26N4O3. The Morgan fingerprint density at radius 1 is 1.23 bits per heavy atom. The van der Waals surface area contributed by atoms with E-state index in [0.717, 1.165) is 25.0 Å². The molecule has 7 heteroatoms. The molecule has 1 aliphatic heterocycles. The van der Waals surface area contributed by atoms with Crippen LogP contribution in [0.5, 0.6) is 5.75 Å². The molecule has 1 saturated heterocycles. The molecule has 1 aromatic carbocycles. The van der Waals surface area contributed by atoms with E-state index in [4.69, 9.17) is 9.15 Å². The predicted octanol–water partition coefficient (Wildman–Crippen LogP) is 4.10. The fourth-order valence-corrected chi connectivity index (χ4v) is 3.97. The molecular weight excluding hydrogens is 380 g/mol. The summed E-state index contributed by atoms with van der Waals surface area (Å²) in [4.78, 5) is 23.9. The number of amides is 1. The van der Waals surface area contributed by atoms with E-state index in [1.165, 1.54) is 11.9 Å². The van der Waals surface area contributed by atoms with Crippen molar-refractivity contribution in [2.24, 2.45) is 0 Å². The van der Waals surface area contributed by atoms with Gasteiger partial charge in [-0.15, -0.1) is 0 Å². The van der Waals surface area contributed by atoms with Gasteiger partial charge in [-0.2, -0.15) is 0 Å². The van der Waals surface area contributed by atoms with Crippen molar-refractivity contribution in [2.75, 3.05) is 18.4 Å². The molecule has 0 spiro atoms. The van der Waals surface area contributed by atoms with Gasteiger partial charge in [0, 0.05) is 18.5 Å². The van der Waals surface area contributed by atoms with E-state index in [1.54, 1.807) is 0 Å². The van der Waals surface area contributed by atoms with Crippen LogP contribution in [0.3, 0.4) is 0 Å². The number of likely N-dealkylation sites (tertiary alicyclic amines) is 1. The molecule has 1 unspecified atom stereocenters. The highest BCUT2D eigenvalue weighted by Crippen LogP contribution is 2.40. The third-order valence-electron chi connectivity index (χ3n) is 6.05. The maximum atomic E-state index is 13.4. The van der Waals surface area contributed by atoms with E-state index in [-0.39, 0.29) is 17.6 Å². The first-order valence-electron chi connectivity index (χ1n) is 10.5. The molecule has 156 valence electrons. The number of rotatable bonds is 5. The standard InChI is InChI=1S/C23H26N4O3/c1-14-4-6-16(7-5-14)30-17-8-11-27(12-17)22(28)18-15(2)29-21-19(18)20(24-13-25-21)26-23(3)9-10-23/h4-7,13,17H,8-12H2,1-3H3,(H,24,25,26). The van der Waals surface area contributed by atoms with E-state index in [0.29, 0.717) is 41.3 Å². The highest BCUT2D eigenvalue weighted by atomic mass is 16.5. The molecule has 1 atom stereocenters. The summed E-state index contributed by atoms with van der Waals surface area (Å²) in [6, 6.07) is 8.01. The maximum Gasteiger partial charge on any atom is 0.258 e. The molecule has 0 radical (unpaired) electrons. The molecule has 7 nitrogen and oxygen atoms in total. The summed E-state index contributed by atoms with van der Waals surface area (Å²) in [5.41, 5.74) is 2.23. The first kappa shape index (κ1) is 18.9. The van der Waals surface area contributed by atoms with Crippen LogP contribution >= 0.6 is 0 Å². The van der Waals surface area contributed by atoms with Gasteiger partial charge in [0.15, 0.2) is 0 Å². The minimum atomic E-state index is -0.0555. The number of anilines is 1. The summed E-state index contributed by atoms with van der Waals surface area (Å²) in [6.45, 7) is 7.22. The van der Waals surface area contributed by atoms with Gasteiger partial charge < -0.3 is 19.4 Å². The van der Waals surface area contributed by atoms with Crippen molar-refractivity contribution in [3.05, 3.63) is 47.5 Å². The van der Waals surface area contributed by atoms with Gasteiger partial charge in [0.25, 0.3) is 5.91 Å². The number of hydrogen-bond acceptors (Lipinski definition) is 6. The molecule has 1 N–H and O–H groups in total. The lowest BCUT2D eigenvalue weighted by molar-refractivity contribution is 0.0772. The fraction of sp³-hybridized carbons (Fsp3) is 0.435. The average molecular weight is 406 g/mol. The zero-order valence-corrected chi connectivity index (χ0v) is 17.6. The summed E-state index contributed by atoms with van der Waals surface area (Å²) >= 11 is 0. The largest absolute Gasteiger partial charge is 0.489 e. The van der Waals surface area contributed by atoms with Crippen LogP contribution in [0, 0.1) is 13.8 Å². The average Bonchev–Trinajstić information content (AvgIpc) is 3.12. The Morgan fingerprint density at radius 3 is 2.73 bits per heavy atom. The number of ether oxygens (including phenoxy) is 1. The minimum Gasteiger partial charge on any atom is -0.489 e. The van der Waals surface area contributed by atoms with Crippen LogP contribution in [0.25, 0.3) is 11.1 Å². The number of aryl methyl sites for hydroxylation is 2. The molecule has 1 aliphatic carbocycles. The van der Waals surface area contributed by atoms with Gasteiger partial charge in [0.05, 0.1) is 17.5 Å². The minimum absolute atomic E-state index is 0.0191. The number of nitrogens with one attached hydrogen (secondary N) is 1. The molecule has 30 heavy (non-hydrogen) atoms. The van der Waals surface area contributed by atoms with Crippen LogP contribution in [0.1, 0.15) is 47.9 Å². The SMILES string of the molecule is Cc1ccc(OC2CCN(C(=O)c3c(C)oc4ncnc(NC5(C)CC5)c34)C2)cc1. The number of furan rings is 1. The Bertz CT molecular complexity index is 1100. The number of carbonyl (C=O) groups is 1. The molecule has 2 fully saturated rings. The van der Waals surface area contributed by atoms with Gasteiger partial charge in [-0.05, 0) is 45.7 Å². The first-order chi connectivity index (χ1) is 14.4. The molecule has 1 amide bonds. The predicted molar refractivity (Wildman–Crippen MR) is 114 cm³/mol. The number of nitrogens with zero attached hydrogens (tertiary/aromatic N) is 3. The van der Waals surface area contributed by atoms with Gasteiger partial charge in [-0.3, -0.25) is 4.79 Å². The number of hydrogen-bond donors (Lipinski definition) is 1. The molecule has 2 aromatic heterocycles. The van der Waals surface area contributed by atoms with Crippen molar-refractivity contribution < 1.29 is 13.9 Å². The van der Waals surface area contributed by atoms with Crippen LogP contribution in [-0.4, -0.2) is 45.5 Å². The molecule has 3 aromatic rings. The Kier molecular flexibility index (Phi) is 4.41. The molecule has 0 bridgehead atoms. The lowest BCUT2D eigenvalue weighted by Gasteiger charge is -2.18. The quantitative estimate of drug-likeness (QED) is 0.687. The van der Waals surface area contributed by atoms with Crippen molar-refractivity contribution in [1.82, 2.24) is 14.9 Å². The van der Waals surface area contributed by atoms with E-state index in [2.05, 4.69) is 22.2 Å². The Hall–Kier alpha value is -3.09. The smallest absolute Gasteiger partial charge is 0.258 e. The van der Waals surface area contributed by atoms with Crippen LogP contribution < -0.4 is 10.1 Å². The number of aromatic nitrogens is 2. The van der Waals surface area contributed by atoms with Crippen molar-refractivity contribution in [1.29, 1.82) is 0 Å². The maximum absolute atomic E-state index is 13.4. The first-order valence-corrected chi connectivity index (χ1v) is 10.5. The topological polar surface area (TPSA) is 80.5 Å². The third kappa shape index (κ3) is 3.49. The van der Waals surface area contributed by atoms with E-state index in [1.807, 2.05) is 43.0 Å². The summed E-state index contributed by atoms with van der Waals surface area (Å²) in [5.74, 6) is 2.02. The Balaban J connectivity index is 1.38. The van der Waals surface area contributed by atoms with Crippen LogP contribution in [0.4, 0.5) is 5.82 Å². The fourth-order valence-electron chi connectivity index (χ4n) is 3.97. The molecule has 5 rings (SSSR count). The normalized spacial score (nSPS) is 19.8. The van der Waals surface area contributed by atoms with E-state index >= 15 is 0 Å². The highest BCUT2D eigenvalue weighted by molar-refractivity contribution is 6.10. The second-order valence-corrected chi connectivity index (χ2v) is 8.71. The summed E-state index contributed by atoms with van der Waals surface area (Å²) in [7, 11) is 0. The summed E-state index contributed by atoms with van der Waals surface area (Å²) < 4.78 is 11.9. The van der Waals surface area contributed by atoms with Crippen LogP contribution in [0.15, 0.2) is 35.0 Å². The monoisotopic (exact) mass is 406 g/mol. The zero-order valence-electron chi connectivity index (χ0n) is 17.6.